The van der Waals surface area contributed by atoms with Crippen LogP contribution in [0.4, 0.5) is 0 Å². The molecule has 3 aromatic rings. The lowest BCUT2D eigenvalue weighted by atomic mass is 10.1. The van der Waals surface area contributed by atoms with Gasteiger partial charge in [-0.3, -0.25) is 4.79 Å². The molecule has 0 fully saturated rings. The normalized spacial score (nSPS) is 12.1. The van der Waals surface area contributed by atoms with E-state index in [0.29, 0.717) is 11.1 Å². The Morgan fingerprint density at radius 3 is 2.96 bits per heavy atom. The highest BCUT2D eigenvalue weighted by atomic mass is 32.2. The van der Waals surface area contributed by atoms with Crippen molar-refractivity contribution >= 4 is 29.0 Å². The molecule has 0 aliphatic carbocycles. The van der Waals surface area contributed by atoms with E-state index < -0.39 is 0 Å². The first-order valence-electron chi connectivity index (χ1n) is 7.48. The van der Waals surface area contributed by atoms with Gasteiger partial charge in [0.25, 0.3) is 5.22 Å². The van der Waals surface area contributed by atoms with Crippen LogP contribution in [-0.2, 0) is 4.79 Å². The van der Waals surface area contributed by atoms with E-state index in [-0.39, 0.29) is 17.7 Å². The van der Waals surface area contributed by atoms with Gasteiger partial charge in [0.05, 0.1) is 11.8 Å². The topological polar surface area (TPSA) is 68.0 Å². The van der Waals surface area contributed by atoms with Crippen LogP contribution in [0.2, 0.25) is 0 Å². The lowest BCUT2D eigenvalue weighted by Crippen LogP contribution is -2.27. The molecule has 0 aliphatic heterocycles. The zero-order chi connectivity index (χ0) is 16.9. The summed E-state index contributed by atoms with van der Waals surface area (Å²) in [7, 11) is 0. The molecule has 2 heterocycles. The summed E-state index contributed by atoms with van der Waals surface area (Å²) in [6.45, 7) is 3.98. The molecule has 5 nitrogen and oxygen atoms in total. The van der Waals surface area contributed by atoms with Gasteiger partial charge in [-0.05, 0) is 37.4 Å². The number of aromatic nitrogens is 2. The van der Waals surface area contributed by atoms with E-state index in [0.717, 1.165) is 16.0 Å². The van der Waals surface area contributed by atoms with Crippen molar-refractivity contribution in [1.82, 2.24) is 15.5 Å². The van der Waals surface area contributed by atoms with Crippen LogP contribution in [0.1, 0.15) is 23.4 Å². The highest BCUT2D eigenvalue weighted by Gasteiger charge is 2.14. The van der Waals surface area contributed by atoms with Gasteiger partial charge in [0.1, 0.15) is 0 Å². The summed E-state index contributed by atoms with van der Waals surface area (Å²) in [6, 6.07) is 11.8. The molecule has 1 amide bonds. The standard InChI is InChI=1S/C17H17N3O2S2/c1-11-5-3-6-13(9-11)16-19-20-17(22-16)24-10-15(21)18-12(2)14-7-4-8-23-14/h3-9,12H,10H2,1-2H3,(H,18,21)/t12-/m1/s1. The number of hydrogen-bond acceptors (Lipinski definition) is 6. The SMILES string of the molecule is Cc1cccc(-c2nnc(SCC(=O)N[C@H](C)c3cccs3)o2)c1. The maximum Gasteiger partial charge on any atom is 0.277 e. The van der Waals surface area contributed by atoms with E-state index in [4.69, 9.17) is 4.42 Å². The number of thioether (sulfide) groups is 1. The summed E-state index contributed by atoms with van der Waals surface area (Å²) < 4.78 is 5.62. The van der Waals surface area contributed by atoms with Crippen LogP contribution in [0.5, 0.6) is 0 Å². The quantitative estimate of drug-likeness (QED) is 0.672. The number of nitrogens with zero attached hydrogens (tertiary/aromatic N) is 2. The molecule has 1 aromatic carbocycles. The minimum Gasteiger partial charge on any atom is -0.411 e. The molecule has 7 heteroatoms. The first kappa shape index (κ1) is 16.7. The fourth-order valence-electron chi connectivity index (χ4n) is 2.18. The molecule has 3 rings (SSSR count). The molecule has 0 unspecified atom stereocenters. The molecule has 0 saturated heterocycles. The van der Waals surface area contributed by atoms with Crippen LogP contribution in [0, 0.1) is 6.92 Å². The van der Waals surface area contributed by atoms with Gasteiger partial charge in [-0.1, -0.05) is 35.5 Å². The maximum absolute atomic E-state index is 12.0. The number of amides is 1. The van der Waals surface area contributed by atoms with Crippen molar-refractivity contribution < 1.29 is 9.21 Å². The van der Waals surface area contributed by atoms with Crippen molar-refractivity contribution in [1.29, 1.82) is 0 Å². The van der Waals surface area contributed by atoms with E-state index >= 15 is 0 Å². The minimum atomic E-state index is -0.0591. The fourth-order valence-corrected chi connectivity index (χ4v) is 3.49. The lowest BCUT2D eigenvalue weighted by Gasteiger charge is -2.11. The number of carbonyl (C=O) groups excluding carboxylic acids is 1. The van der Waals surface area contributed by atoms with Gasteiger partial charge in [-0.25, -0.2) is 0 Å². The molecule has 0 bridgehead atoms. The first-order valence-corrected chi connectivity index (χ1v) is 9.34. The number of aryl methyl sites for hydroxylation is 1. The Morgan fingerprint density at radius 1 is 1.33 bits per heavy atom. The number of rotatable bonds is 6. The Kier molecular flexibility index (Phi) is 5.32. The summed E-state index contributed by atoms with van der Waals surface area (Å²) in [5.41, 5.74) is 2.01. The first-order chi connectivity index (χ1) is 11.6. The summed E-state index contributed by atoms with van der Waals surface area (Å²) in [4.78, 5) is 13.2. The van der Waals surface area contributed by atoms with Crippen LogP contribution in [0.3, 0.4) is 0 Å². The molecular formula is C17H17N3O2S2. The zero-order valence-corrected chi connectivity index (χ0v) is 15.0. The Balaban J connectivity index is 1.54. The number of nitrogens with one attached hydrogen (secondary N) is 1. The van der Waals surface area contributed by atoms with Crippen LogP contribution >= 0.6 is 23.1 Å². The Hall–Kier alpha value is -2.12. The third-order valence-electron chi connectivity index (χ3n) is 3.35. The minimum absolute atomic E-state index is 0.00337. The van der Waals surface area contributed by atoms with Crippen molar-refractivity contribution in [3.63, 3.8) is 0 Å². The summed E-state index contributed by atoms with van der Waals surface area (Å²) in [5, 5.41) is 13.4. The molecule has 124 valence electrons. The van der Waals surface area contributed by atoms with Gasteiger partial charge < -0.3 is 9.73 Å². The van der Waals surface area contributed by atoms with E-state index in [1.54, 1.807) is 11.3 Å². The predicted octanol–water partition coefficient (Wildman–Crippen LogP) is 4.08. The van der Waals surface area contributed by atoms with Crippen molar-refractivity contribution in [2.24, 2.45) is 0 Å². The Bertz CT molecular complexity index is 815. The summed E-state index contributed by atoms with van der Waals surface area (Å²) in [6.07, 6.45) is 0. The number of thiophene rings is 1. The van der Waals surface area contributed by atoms with E-state index in [2.05, 4.69) is 15.5 Å². The second-order valence-electron chi connectivity index (χ2n) is 5.34. The highest BCUT2D eigenvalue weighted by Crippen LogP contribution is 2.24. The number of carbonyl (C=O) groups is 1. The van der Waals surface area contributed by atoms with Crippen molar-refractivity contribution in [2.45, 2.75) is 25.1 Å². The highest BCUT2D eigenvalue weighted by molar-refractivity contribution is 7.99. The zero-order valence-electron chi connectivity index (χ0n) is 13.4. The molecule has 24 heavy (non-hydrogen) atoms. The van der Waals surface area contributed by atoms with Crippen molar-refractivity contribution in [2.75, 3.05) is 5.75 Å². The number of benzene rings is 1. The average molecular weight is 359 g/mol. The maximum atomic E-state index is 12.0. The molecule has 0 saturated carbocycles. The third kappa shape index (κ3) is 4.24. The smallest absolute Gasteiger partial charge is 0.277 e. The van der Waals surface area contributed by atoms with Crippen LogP contribution in [-0.4, -0.2) is 21.9 Å². The molecule has 2 aromatic heterocycles. The van der Waals surface area contributed by atoms with Crippen LogP contribution in [0.15, 0.2) is 51.4 Å². The molecular weight excluding hydrogens is 342 g/mol. The monoisotopic (exact) mass is 359 g/mol. The van der Waals surface area contributed by atoms with Crippen molar-refractivity contribution in [3.8, 4) is 11.5 Å². The Labute approximate surface area is 148 Å². The van der Waals surface area contributed by atoms with Gasteiger partial charge >= 0.3 is 0 Å². The fraction of sp³-hybridized carbons (Fsp3) is 0.235. The van der Waals surface area contributed by atoms with Gasteiger partial charge in [0.2, 0.25) is 11.8 Å². The van der Waals surface area contributed by atoms with Crippen molar-refractivity contribution in [3.05, 3.63) is 52.2 Å². The second kappa shape index (κ2) is 7.63. The summed E-state index contributed by atoms with van der Waals surface area (Å²) in [5.74, 6) is 0.648. The van der Waals surface area contributed by atoms with Crippen LogP contribution < -0.4 is 5.32 Å². The second-order valence-corrected chi connectivity index (χ2v) is 7.24. The third-order valence-corrected chi connectivity index (χ3v) is 5.22. The van der Waals surface area contributed by atoms with E-state index in [1.807, 2.05) is 55.6 Å². The van der Waals surface area contributed by atoms with E-state index in [9.17, 15) is 4.79 Å². The van der Waals surface area contributed by atoms with Gasteiger partial charge in [0, 0.05) is 10.4 Å². The van der Waals surface area contributed by atoms with Gasteiger partial charge in [-0.15, -0.1) is 21.5 Å². The van der Waals surface area contributed by atoms with Gasteiger partial charge in [0.15, 0.2) is 0 Å². The summed E-state index contributed by atoms with van der Waals surface area (Å²) >= 11 is 2.87. The molecule has 1 N–H and O–H groups in total. The molecule has 0 spiro atoms. The van der Waals surface area contributed by atoms with E-state index in [1.165, 1.54) is 11.8 Å². The molecule has 0 aliphatic rings. The lowest BCUT2D eigenvalue weighted by molar-refractivity contribution is -0.119. The largest absolute Gasteiger partial charge is 0.411 e. The predicted molar refractivity (Wildman–Crippen MR) is 96.1 cm³/mol. The molecule has 1 atom stereocenters. The average Bonchev–Trinajstić information content (AvgIpc) is 3.25. The van der Waals surface area contributed by atoms with Gasteiger partial charge in [-0.2, -0.15) is 0 Å². The van der Waals surface area contributed by atoms with Crippen LogP contribution in [0.25, 0.3) is 11.5 Å². The Morgan fingerprint density at radius 2 is 2.21 bits per heavy atom. The number of hydrogen-bond donors (Lipinski definition) is 1. The molecule has 0 radical (unpaired) electrons.